The highest BCUT2D eigenvalue weighted by Gasteiger charge is 2.22. The van der Waals surface area contributed by atoms with E-state index in [0.717, 1.165) is 4.47 Å². The molecule has 0 aliphatic heterocycles. The van der Waals surface area contributed by atoms with E-state index in [1.165, 1.54) is 11.1 Å². The fourth-order valence-electron chi connectivity index (χ4n) is 1.49. The third-order valence-corrected chi connectivity index (χ3v) is 5.16. The lowest BCUT2D eigenvalue weighted by Crippen LogP contribution is -2.35. The topological polar surface area (TPSA) is 29.1 Å². The molecule has 0 saturated carbocycles. The lowest BCUT2D eigenvalue weighted by molar-refractivity contribution is 0.615. The summed E-state index contributed by atoms with van der Waals surface area (Å²) in [5.41, 5.74) is 2.37. The molecule has 1 aromatic rings. The predicted molar refractivity (Wildman–Crippen MR) is 78.3 cm³/mol. The number of hydrogen-bond acceptors (Lipinski definition) is 1. The molecule has 4 heteroatoms. The average molecular weight is 318 g/mol. The van der Waals surface area contributed by atoms with E-state index in [4.69, 9.17) is 0 Å². The van der Waals surface area contributed by atoms with E-state index in [1.807, 2.05) is 39.8 Å². The van der Waals surface area contributed by atoms with Crippen LogP contribution in [0.3, 0.4) is 0 Å². The largest absolute Gasteiger partial charge is 0.242 e. The van der Waals surface area contributed by atoms with Gasteiger partial charge in [-0.25, -0.2) is 8.93 Å². The van der Waals surface area contributed by atoms with Gasteiger partial charge in [-0.3, -0.25) is 0 Å². The first-order chi connectivity index (χ1) is 7.73. The summed E-state index contributed by atoms with van der Waals surface area (Å²) in [5, 5.41) is 0. The lowest BCUT2D eigenvalue weighted by atomic mass is 10.0. The molecule has 96 valence electrons. The van der Waals surface area contributed by atoms with Crippen LogP contribution in [0.2, 0.25) is 0 Å². The molecule has 0 spiro atoms. The first-order valence-electron chi connectivity index (χ1n) is 5.66. The summed E-state index contributed by atoms with van der Waals surface area (Å²) in [5.74, 6) is 0. The van der Waals surface area contributed by atoms with Gasteiger partial charge in [0.2, 0.25) is 0 Å². The highest BCUT2D eigenvalue weighted by molar-refractivity contribution is 9.10. The molecule has 17 heavy (non-hydrogen) atoms. The zero-order chi connectivity index (χ0) is 13.2. The fourth-order valence-corrected chi connectivity index (χ4v) is 2.68. The summed E-state index contributed by atoms with van der Waals surface area (Å²) in [6.07, 6.45) is 0. The Morgan fingerprint density at radius 1 is 1.35 bits per heavy atom. The second-order valence-corrected chi connectivity index (χ2v) is 8.03. The first-order valence-corrected chi connectivity index (χ1v) is 7.61. The van der Waals surface area contributed by atoms with Gasteiger partial charge in [0.15, 0.2) is 0 Å². The summed E-state index contributed by atoms with van der Waals surface area (Å²) >= 11 is 3.52. The maximum Gasteiger partial charge on any atom is 0.0975 e. The van der Waals surface area contributed by atoms with Crippen molar-refractivity contribution in [1.82, 2.24) is 4.72 Å². The zero-order valence-electron chi connectivity index (χ0n) is 11.0. The van der Waals surface area contributed by atoms with Gasteiger partial charge in [-0.15, -0.1) is 0 Å². The van der Waals surface area contributed by atoms with Crippen molar-refractivity contribution in [2.45, 2.75) is 45.4 Å². The Bertz CT molecular complexity index is 426. The van der Waals surface area contributed by atoms with Gasteiger partial charge in [-0.1, -0.05) is 28.1 Å². The SMILES string of the molecule is Cc1c(Br)cccc1[C@@H](C)N[S@](=O)C(C)(C)C. The molecule has 0 aromatic heterocycles. The molecule has 0 heterocycles. The number of halogens is 1. The molecule has 2 nitrogen and oxygen atoms in total. The van der Waals surface area contributed by atoms with Crippen LogP contribution in [0.15, 0.2) is 22.7 Å². The van der Waals surface area contributed by atoms with Gasteiger partial charge in [0, 0.05) is 10.5 Å². The van der Waals surface area contributed by atoms with E-state index in [2.05, 4.69) is 33.6 Å². The minimum atomic E-state index is -1.05. The number of hydrogen-bond donors (Lipinski definition) is 1. The Morgan fingerprint density at radius 2 is 1.94 bits per heavy atom. The molecule has 1 rings (SSSR count). The van der Waals surface area contributed by atoms with E-state index < -0.39 is 11.0 Å². The van der Waals surface area contributed by atoms with Crippen LogP contribution in [-0.2, 0) is 11.0 Å². The monoisotopic (exact) mass is 317 g/mol. The molecule has 0 amide bonds. The van der Waals surface area contributed by atoms with Gasteiger partial charge in [0.25, 0.3) is 0 Å². The summed E-state index contributed by atoms with van der Waals surface area (Å²) in [4.78, 5) is 0. The molecular formula is C13H20BrNOS. The normalized spacial score (nSPS) is 15.6. The third kappa shape index (κ3) is 3.90. The van der Waals surface area contributed by atoms with E-state index in [9.17, 15) is 4.21 Å². The van der Waals surface area contributed by atoms with Gasteiger partial charge >= 0.3 is 0 Å². The van der Waals surface area contributed by atoms with Crippen LogP contribution < -0.4 is 4.72 Å². The molecule has 2 atom stereocenters. The van der Waals surface area contributed by atoms with Gasteiger partial charge in [-0.05, 0) is 51.8 Å². The minimum absolute atomic E-state index is 0.0764. The smallest absolute Gasteiger partial charge is 0.0975 e. The van der Waals surface area contributed by atoms with Gasteiger partial charge in [0.1, 0.15) is 0 Å². The fraction of sp³-hybridized carbons (Fsp3) is 0.538. The van der Waals surface area contributed by atoms with Crippen molar-refractivity contribution in [2.24, 2.45) is 0 Å². The minimum Gasteiger partial charge on any atom is -0.242 e. The van der Waals surface area contributed by atoms with Crippen molar-refractivity contribution < 1.29 is 4.21 Å². The van der Waals surface area contributed by atoms with Crippen LogP contribution in [-0.4, -0.2) is 8.96 Å². The van der Waals surface area contributed by atoms with Crippen LogP contribution in [0.5, 0.6) is 0 Å². The Kier molecular flexibility index (Phi) is 4.93. The van der Waals surface area contributed by atoms with Crippen LogP contribution in [0.25, 0.3) is 0 Å². The molecule has 0 bridgehead atoms. The number of rotatable bonds is 3. The maximum atomic E-state index is 12.0. The van der Waals surface area contributed by atoms with E-state index >= 15 is 0 Å². The van der Waals surface area contributed by atoms with E-state index in [0.29, 0.717) is 0 Å². The second-order valence-electron chi connectivity index (χ2n) is 5.17. The summed E-state index contributed by atoms with van der Waals surface area (Å²) < 4.78 is 16.0. The average Bonchev–Trinajstić information content (AvgIpc) is 2.20. The molecule has 0 radical (unpaired) electrons. The van der Waals surface area contributed by atoms with Gasteiger partial charge in [-0.2, -0.15) is 0 Å². The van der Waals surface area contributed by atoms with E-state index in [-0.39, 0.29) is 10.8 Å². The summed E-state index contributed by atoms with van der Waals surface area (Å²) in [7, 11) is -1.05. The van der Waals surface area contributed by atoms with Gasteiger partial charge < -0.3 is 0 Å². The number of nitrogens with one attached hydrogen (secondary N) is 1. The summed E-state index contributed by atoms with van der Waals surface area (Å²) in [6, 6.07) is 6.17. The maximum absolute atomic E-state index is 12.0. The first kappa shape index (κ1) is 14.9. The second kappa shape index (κ2) is 5.63. The predicted octanol–water partition coefficient (Wildman–Crippen LogP) is 3.87. The number of benzene rings is 1. The Labute approximate surface area is 115 Å². The molecule has 0 fully saturated rings. The van der Waals surface area contributed by atoms with Crippen molar-refractivity contribution >= 4 is 26.9 Å². The molecule has 0 aliphatic carbocycles. The lowest BCUT2D eigenvalue weighted by Gasteiger charge is -2.23. The van der Waals surface area contributed by atoms with E-state index in [1.54, 1.807) is 0 Å². The quantitative estimate of drug-likeness (QED) is 0.900. The van der Waals surface area contributed by atoms with Crippen molar-refractivity contribution in [3.05, 3.63) is 33.8 Å². The van der Waals surface area contributed by atoms with Crippen LogP contribution in [0.4, 0.5) is 0 Å². The van der Waals surface area contributed by atoms with Crippen molar-refractivity contribution in [3.63, 3.8) is 0 Å². The highest BCUT2D eigenvalue weighted by atomic mass is 79.9. The highest BCUT2D eigenvalue weighted by Crippen LogP contribution is 2.25. The standard InChI is InChI=1S/C13H20BrNOS/c1-9-11(7-6-8-12(9)14)10(2)15-17(16)13(3,4)5/h6-8,10,15H,1-5H3/t10-,17-/m1/s1. The van der Waals surface area contributed by atoms with Crippen molar-refractivity contribution in [2.75, 3.05) is 0 Å². The summed E-state index contributed by atoms with van der Waals surface area (Å²) in [6.45, 7) is 10.0. The van der Waals surface area contributed by atoms with Gasteiger partial charge in [0.05, 0.1) is 15.7 Å². The Hall–Kier alpha value is -0.190. The Balaban J connectivity index is 2.88. The van der Waals surface area contributed by atoms with Crippen LogP contribution in [0.1, 0.15) is 44.9 Å². The molecule has 0 saturated heterocycles. The molecule has 1 N–H and O–H groups in total. The molecule has 1 aromatic carbocycles. The van der Waals surface area contributed by atoms with Crippen LogP contribution in [0, 0.1) is 6.92 Å². The zero-order valence-corrected chi connectivity index (χ0v) is 13.4. The van der Waals surface area contributed by atoms with Crippen molar-refractivity contribution in [3.8, 4) is 0 Å². The van der Waals surface area contributed by atoms with Crippen molar-refractivity contribution in [1.29, 1.82) is 0 Å². The van der Waals surface area contributed by atoms with Crippen LogP contribution >= 0.6 is 15.9 Å². The Morgan fingerprint density at radius 3 is 2.47 bits per heavy atom. The molecule has 0 unspecified atom stereocenters. The molecule has 0 aliphatic rings. The molecular weight excluding hydrogens is 298 g/mol. The third-order valence-electron chi connectivity index (χ3n) is 2.62.